The molecule has 1 aromatic rings. The van der Waals surface area contributed by atoms with Crippen LogP contribution in [0, 0.1) is 0 Å². The molecule has 7 heteroatoms. The maximum Gasteiger partial charge on any atom is 0.287 e. The number of rotatable bonds is 4. The zero-order valence-corrected chi connectivity index (χ0v) is 10.4. The molecule has 1 amide bonds. The second-order valence-corrected chi connectivity index (χ2v) is 4.38. The van der Waals surface area contributed by atoms with Gasteiger partial charge in [-0.1, -0.05) is 17.7 Å². The maximum absolute atomic E-state index is 11.8. The van der Waals surface area contributed by atoms with Crippen molar-refractivity contribution < 1.29 is 4.79 Å². The first-order valence-corrected chi connectivity index (χ1v) is 5.89. The Kier molecular flexibility index (Phi) is 3.66. The maximum atomic E-state index is 11.8. The summed E-state index contributed by atoms with van der Waals surface area (Å²) in [6.45, 7) is 4.36. The number of allylic oxidation sites excluding steroid dienone is 1. The Morgan fingerprint density at radius 2 is 2.44 bits per heavy atom. The molecule has 2 rings (SSSR count). The van der Waals surface area contributed by atoms with Crippen molar-refractivity contribution in [2.75, 3.05) is 11.9 Å². The molecule has 1 unspecified atom stereocenters. The van der Waals surface area contributed by atoms with E-state index in [-0.39, 0.29) is 22.5 Å². The number of aromatic nitrogens is 2. The van der Waals surface area contributed by atoms with Gasteiger partial charge in [-0.2, -0.15) is 5.10 Å². The minimum absolute atomic E-state index is 0.0171. The fourth-order valence-electron chi connectivity index (χ4n) is 1.75. The van der Waals surface area contributed by atoms with Gasteiger partial charge >= 0.3 is 0 Å². The first-order valence-electron chi connectivity index (χ1n) is 5.51. The topological polar surface area (TPSA) is 76.0 Å². The van der Waals surface area contributed by atoms with Crippen molar-refractivity contribution in [1.29, 1.82) is 0 Å². The average Bonchev–Trinajstić information content (AvgIpc) is 2.75. The summed E-state index contributed by atoms with van der Waals surface area (Å²) >= 11 is 5.97. The number of nitrogens with zero attached hydrogens (tertiary/aromatic N) is 2. The van der Waals surface area contributed by atoms with E-state index in [1.54, 1.807) is 6.08 Å². The molecule has 0 radical (unpaired) electrons. The second-order valence-electron chi connectivity index (χ2n) is 4.00. The third-order valence-electron chi connectivity index (χ3n) is 2.62. The average molecular weight is 269 g/mol. The van der Waals surface area contributed by atoms with Crippen LogP contribution in [0.4, 0.5) is 5.69 Å². The summed E-state index contributed by atoms with van der Waals surface area (Å²) in [7, 11) is 0. The number of anilines is 1. The quantitative estimate of drug-likeness (QED) is 0.775. The lowest BCUT2D eigenvalue weighted by atomic mass is 10.2. The van der Waals surface area contributed by atoms with Gasteiger partial charge in [-0.05, 0) is 0 Å². The SMILES string of the molecule is C=CCn1ncc(NC2CNC(=O)C2)c(Cl)c1=O. The molecule has 0 bridgehead atoms. The van der Waals surface area contributed by atoms with E-state index in [0.717, 1.165) is 0 Å². The molecular weight excluding hydrogens is 256 g/mol. The van der Waals surface area contributed by atoms with Crippen LogP contribution in [-0.4, -0.2) is 28.3 Å². The molecule has 1 aliphatic rings. The third-order valence-corrected chi connectivity index (χ3v) is 2.99. The van der Waals surface area contributed by atoms with Gasteiger partial charge in [0.15, 0.2) is 0 Å². The fourth-order valence-corrected chi connectivity index (χ4v) is 1.95. The second kappa shape index (κ2) is 5.22. The summed E-state index contributed by atoms with van der Waals surface area (Å²) in [5.41, 5.74) is 0.0716. The summed E-state index contributed by atoms with van der Waals surface area (Å²) in [6.07, 6.45) is 3.42. The zero-order valence-electron chi connectivity index (χ0n) is 9.65. The number of amides is 1. The Balaban J connectivity index is 2.19. The van der Waals surface area contributed by atoms with Gasteiger partial charge in [-0.25, -0.2) is 4.68 Å². The van der Waals surface area contributed by atoms with E-state index in [1.807, 2.05) is 0 Å². The van der Waals surface area contributed by atoms with Gasteiger partial charge in [0.1, 0.15) is 5.02 Å². The van der Waals surface area contributed by atoms with Crippen LogP contribution in [0.25, 0.3) is 0 Å². The minimum Gasteiger partial charge on any atom is -0.377 e. The van der Waals surface area contributed by atoms with Gasteiger partial charge in [0.25, 0.3) is 5.56 Å². The Hall–Kier alpha value is -1.82. The van der Waals surface area contributed by atoms with Gasteiger partial charge in [0.05, 0.1) is 24.5 Å². The van der Waals surface area contributed by atoms with Crippen LogP contribution in [0.1, 0.15) is 6.42 Å². The van der Waals surface area contributed by atoms with E-state index in [9.17, 15) is 9.59 Å². The summed E-state index contributed by atoms with van der Waals surface area (Å²) in [6, 6.07) is -0.0635. The summed E-state index contributed by atoms with van der Waals surface area (Å²) in [5.74, 6) is -0.0171. The smallest absolute Gasteiger partial charge is 0.287 e. The highest BCUT2D eigenvalue weighted by Crippen LogP contribution is 2.18. The Bertz CT molecular complexity index is 540. The van der Waals surface area contributed by atoms with Crippen LogP contribution in [0.3, 0.4) is 0 Å². The lowest BCUT2D eigenvalue weighted by molar-refractivity contribution is -0.119. The van der Waals surface area contributed by atoms with Crippen molar-refractivity contribution in [3.05, 3.63) is 34.2 Å². The molecule has 0 saturated carbocycles. The number of hydrogen-bond donors (Lipinski definition) is 2. The first kappa shape index (κ1) is 12.6. The number of nitrogens with one attached hydrogen (secondary N) is 2. The number of carbonyl (C=O) groups excluding carboxylic acids is 1. The largest absolute Gasteiger partial charge is 0.377 e. The summed E-state index contributed by atoms with van der Waals surface area (Å²) in [4.78, 5) is 22.9. The van der Waals surface area contributed by atoms with Crippen molar-refractivity contribution >= 4 is 23.2 Å². The van der Waals surface area contributed by atoms with Crippen LogP contribution >= 0.6 is 11.6 Å². The van der Waals surface area contributed by atoms with E-state index < -0.39 is 0 Å². The zero-order chi connectivity index (χ0) is 13.1. The van der Waals surface area contributed by atoms with Crippen molar-refractivity contribution in [3.63, 3.8) is 0 Å². The molecule has 1 fully saturated rings. The molecule has 1 saturated heterocycles. The van der Waals surface area contributed by atoms with E-state index in [2.05, 4.69) is 22.3 Å². The number of carbonyl (C=O) groups is 1. The van der Waals surface area contributed by atoms with Gasteiger partial charge in [0, 0.05) is 13.0 Å². The Labute approximate surface area is 109 Å². The molecule has 1 aromatic heterocycles. The fraction of sp³-hybridized carbons (Fsp3) is 0.364. The highest BCUT2D eigenvalue weighted by atomic mass is 35.5. The first-order chi connectivity index (χ1) is 8.61. The Morgan fingerprint density at radius 1 is 1.67 bits per heavy atom. The molecule has 0 aromatic carbocycles. The Morgan fingerprint density at radius 3 is 3.06 bits per heavy atom. The van der Waals surface area contributed by atoms with Gasteiger partial charge < -0.3 is 10.6 Å². The van der Waals surface area contributed by atoms with E-state index in [4.69, 9.17) is 11.6 Å². The molecule has 0 spiro atoms. The highest BCUT2D eigenvalue weighted by Gasteiger charge is 2.22. The molecule has 0 aliphatic carbocycles. The molecule has 96 valence electrons. The third kappa shape index (κ3) is 2.53. The molecule has 2 heterocycles. The molecule has 1 aliphatic heterocycles. The van der Waals surface area contributed by atoms with Gasteiger partial charge in [-0.15, -0.1) is 6.58 Å². The lowest BCUT2D eigenvalue weighted by Gasteiger charge is -2.13. The normalized spacial score (nSPS) is 18.5. The van der Waals surface area contributed by atoms with Crippen molar-refractivity contribution in [3.8, 4) is 0 Å². The molecular formula is C11H13ClN4O2. The van der Waals surface area contributed by atoms with Crippen LogP contribution in [0.15, 0.2) is 23.6 Å². The summed E-state index contributed by atoms with van der Waals surface area (Å²) in [5, 5.41) is 9.77. The highest BCUT2D eigenvalue weighted by molar-refractivity contribution is 6.32. The van der Waals surface area contributed by atoms with Crippen LogP contribution in [-0.2, 0) is 11.3 Å². The molecule has 18 heavy (non-hydrogen) atoms. The number of halogens is 1. The molecule has 6 nitrogen and oxygen atoms in total. The number of hydrogen-bond acceptors (Lipinski definition) is 4. The lowest BCUT2D eigenvalue weighted by Crippen LogP contribution is -2.27. The van der Waals surface area contributed by atoms with Crippen molar-refractivity contribution in [2.24, 2.45) is 0 Å². The van der Waals surface area contributed by atoms with Gasteiger partial charge in [0.2, 0.25) is 5.91 Å². The summed E-state index contributed by atoms with van der Waals surface area (Å²) < 4.78 is 1.22. The molecule has 1 atom stereocenters. The van der Waals surface area contributed by atoms with Crippen molar-refractivity contribution in [1.82, 2.24) is 15.1 Å². The predicted molar refractivity (Wildman–Crippen MR) is 68.7 cm³/mol. The monoisotopic (exact) mass is 268 g/mol. The van der Waals surface area contributed by atoms with E-state index >= 15 is 0 Å². The van der Waals surface area contributed by atoms with Crippen LogP contribution in [0.5, 0.6) is 0 Å². The minimum atomic E-state index is -0.376. The van der Waals surface area contributed by atoms with E-state index in [0.29, 0.717) is 25.2 Å². The van der Waals surface area contributed by atoms with Crippen LogP contribution in [0.2, 0.25) is 5.02 Å². The van der Waals surface area contributed by atoms with E-state index in [1.165, 1.54) is 10.9 Å². The standard InChI is InChI=1S/C11H13ClN4O2/c1-2-3-16-11(18)10(12)8(6-14-16)15-7-4-9(17)13-5-7/h2,6-7,15H,1,3-5H2,(H,13,17). The molecule has 2 N–H and O–H groups in total. The van der Waals surface area contributed by atoms with Gasteiger partial charge in [-0.3, -0.25) is 9.59 Å². The van der Waals surface area contributed by atoms with Crippen molar-refractivity contribution in [2.45, 2.75) is 19.0 Å². The van der Waals surface area contributed by atoms with Crippen LogP contribution < -0.4 is 16.2 Å². The predicted octanol–water partition coefficient (Wildman–Crippen LogP) is 0.383.